The third-order valence-corrected chi connectivity index (χ3v) is 4.19. The molecule has 4 N–H and O–H groups in total. The molecule has 0 amide bonds. The molecule has 3 aromatic rings. The summed E-state index contributed by atoms with van der Waals surface area (Å²) < 4.78 is 27.1. The second-order valence-electron chi connectivity index (χ2n) is 4.19. The number of nitrogen functional groups attached to an aromatic ring is 1. The van der Waals surface area contributed by atoms with E-state index in [1.54, 1.807) is 18.2 Å². The quantitative estimate of drug-likeness (QED) is 0.630. The number of aromatic amines is 1. The van der Waals surface area contributed by atoms with Crippen molar-refractivity contribution in [2.45, 2.75) is 4.90 Å². The Morgan fingerprint density at radius 3 is 2.70 bits per heavy atom. The molecule has 0 radical (unpaired) electrons. The van der Waals surface area contributed by atoms with Crippen LogP contribution in [-0.4, -0.2) is 23.4 Å². The molecule has 20 heavy (non-hydrogen) atoms. The lowest BCUT2D eigenvalue weighted by Crippen LogP contribution is -2.12. The summed E-state index contributed by atoms with van der Waals surface area (Å²) >= 11 is 0. The van der Waals surface area contributed by atoms with E-state index in [2.05, 4.69) is 19.7 Å². The molecular formula is C12H11N5O2S. The zero-order chi connectivity index (χ0) is 14.2. The summed E-state index contributed by atoms with van der Waals surface area (Å²) in [7, 11) is -3.73. The van der Waals surface area contributed by atoms with E-state index >= 15 is 0 Å². The van der Waals surface area contributed by atoms with E-state index in [0.29, 0.717) is 22.3 Å². The summed E-state index contributed by atoms with van der Waals surface area (Å²) in [5, 5.41) is 0.536. The Balaban J connectivity index is 2.08. The van der Waals surface area contributed by atoms with Gasteiger partial charge in [-0.15, -0.1) is 0 Å². The van der Waals surface area contributed by atoms with Crippen LogP contribution < -0.4 is 10.5 Å². The van der Waals surface area contributed by atoms with Gasteiger partial charge in [0.1, 0.15) is 11.2 Å². The smallest absolute Gasteiger partial charge is 0.264 e. The number of nitrogens with one attached hydrogen (secondary N) is 2. The molecule has 0 bridgehead atoms. The normalized spacial score (nSPS) is 11.6. The maximum absolute atomic E-state index is 12.4. The summed E-state index contributed by atoms with van der Waals surface area (Å²) in [6, 6.07) is 5.05. The van der Waals surface area contributed by atoms with Crippen molar-refractivity contribution in [1.29, 1.82) is 0 Å². The van der Waals surface area contributed by atoms with Crippen LogP contribution in [-0.2, 0) is 10.0 Å². The van der Waals surface area contributed by atoms with E-state index in [9.17, 15) is 8.42 Å². The van der Waals surface area contributed by atoms with Crippen LogP contribution in [0, 0.1) is 0 Å². The van der Waals surface area contributed by atoms with Gasteiger partial charge in [0.05, 0.1) is 18.1 Å². The van der Waals surface area contributed by atoms with E-state index in [1.165, 1.54) is 24.9 Å². The molecule has 7 nitrogen and oxygen atoms in total. The SMILES string of the molecule is Nc1ccc2[nH]cc(S(=O)(=O)Nc3cncnc3)c2c1. The number of sulfonamides is 1. The largest absolute Gasteiger partial charge is 0.399 e. The second kappa shape index (κ2) is 4.49. The molecule has 0 saturated carbocycles. The number of nitrogens with two attached hydrogens (primary N) is 1. The summed E-state index contributed by atoms with van der Waals surface area (Å²) in [6.45, 7) is 0. The number of aromatic nitrogens is 3. The number of rotatable bonds is 3. The highest BCUT2D eigenvalue weighted by atomic mass is 32.2. The summed E-state index contributed by atoms with van der Waals surface area (Å²) in [4.78, 5) is 10.6. The molecule has 0 saturated heterocycles. The average Bonchev–Trinajstić information content (AvgIpc) is 2.83. The lowest BCUT2D eigenvalue weighted by atomic mass is 10.2. The van der Waals surface area contributed by atoms with Gasteiger partial charge in [0.25, 0.3) is 10.0 Å². The Hall–Kier alpha value is -2.61. The molecule has 0 aliphatic carbocycles. The van der Waals surface area contributed by atoms with E-state index in [-0.39, 0.29) is 4.90 Å². The van der Waals surface area contributed by atoms with E-state index in [1.807, 2.05) is 0 Å². The molecule has 0 aliphatic rings. The Morgan fingerprint density at radius 2 is 1.95 bits per heavy atom. The van der Waals surface area contributed by atoms with Gasteiger partial charge in [0.15, 0.2) is 0 Å². The molecule has 8 heteroatoms. The van der Waals surface area contributed by atoms with Crippen LogP contribution in [0.4, 0.5) is 11.4 Å². The third kappa shape index (κ3) is 2.16. The van der Waals surface area contributed by atoms with Gasteiger partial charge in [-0.3, -0.25) is 4.72 Å². The predicted octanol–water partition coefficient (Wildman–Crippen LogP) is 1.34. The van der Waals surface area contributed by atoms with Crippen molar-refractivity contribution < 1.29 is 8.42 Å². The maximum Gasteiger partial charge on any atom is 0.264 e. The van der Waals surface area contributed by atoms with Crippen LogP contribution in [0.5, 0.6) is 0 Å². The van der Waals surface area contributed by atoms with Gasteiger partial charge < -0.3 is 10.7 Å². The van der Waals surface area contributed by atoms with Gasteiger partial charge in [-0.25, -0.2) is 18.4 Å². The fraction of sp³-hybridized carbons (Fsp3) is 0. The molecule has 0 spiro atoms. The Labute approximate surface area is 114 Å². The van der Waals surface area contributed by atoms with E-state index < -0.39 is 10.0 Å². The van der Waals surface area contributed by atoms with Gasteiger partial charge >= 0.3 is 0 Å². The summed E-state index contributed by atoms with van der Waals surface area (Å²) in [6.07, 6.45) is 5.52. The van der Waals surface area contributed by atoms with Crippen molar-refractivity contribution in [2.24, 2.45) is 0 Å². The first-order chi connectivity index (χ1) is 9.56. The van der Waals surface area contributed by atoms with Crippen molar-refractivity contribution in [3.8, 4) is 0 Å². The van der Waals surface area contributed by atoms with Crippen LogP contribution >= 0.6 is 0 Å². The van der Waals surface area contributed by atoms with Gasteiger partial charge in [0.2, 0.25) is 0 Å². The van der Waals surface area contributed by atoms with Crippen LogP contribution in [0.1, 0.15) is 0 Å². The van der Waals surface area contributed by atoms with Crippen LogP contribution in [0.3, 0.4) is 0 Å². The number of hydrogen-bond donors (Lipinski definition) is 3. The lowest BCUT2D eigenvalue weighted by molar-refractivity contribution is 0.602. The van der Waals surface area contributed by atoms with Gasteiger partial charge in [-0.2, -0.15) is 0 Å². The first kappa shape index (κ1) is 12.4. The maximum atomic E-state index is 12.4. The Morgan fingerprint density at radius 1 is 1.20 bits per heavy atom. The zero-order valence-corrected chi connectivity index (χ0v) is 11.1. The molecule has 2 aromatic heterocycles. The topological polar surface area (TPSA) is 114 Å². The first-order valence-corrected chi connectivity index (χ1v) is 7.19. The molecule has 1 aromatic carbocycles. The zero-order valence-electron chi connectivity index (χ0n) is 10.2. The average molecular weight is 289 g/mol. The Kier molecular flexibility index (Phi) is 2.79. The summed E-state index contributed by atoms with van der Waals surface area (Å²) in [5.74, 6) is 0. The molecule has 2 heterocycles. The van der Waals surface area contributed by atoms with Crippen molar-refractivity contribution in [3.05, 3.63) is 43.1 Å². The third-order valence-electron chi connectivity index (χ3n) is 2.77. The van der Waals surface area contributed by atoms with Crippen LogP contribution in [0.25, 0.3) is 10.9 Å². The molecule has 0 aliphatic heterocycles. The Bertz CT molecular complexity index is 858. The van der Waals surface area contributed by atoms with Crippen LogP contribution in [0.15, 0.2) is 48.0 Å². The van der Waals surface area contributed by atoms with E-state index in [4.69, 9.17) is 5.73 Å². The molecule has 0 fully saturated rings. The standard InChI is InChI=1S/C12H11N5O2S/c13-8-1-2-11-10(3-8)12(6-16-11)20(18,19)17-9-4-14-7-15-5-9/h1-7,16-17H,13H2. The molecule has 0 atom stereocenters. The van der Waals surface area contributed by atoms with Gasteiger partial charge in [-0.05, 0) is 18.2 Å². The number of benzene rings is 1. The number of hydrogen-bond acceptors (Lipinski definition) is 5. The molecule has 0 unspecified atom stereocenters. The van der Waals surface area contributed by atoms with E-state index in [0.717, 1.165) is 0 Å². The fourth-order valence-corrected chi connectivity index (χ4v) is 3.10. The number of anilines is 2. The predicted molar refractivity (Wildman–Crippen MR) is 75.6 cm³/mol. The van der Waals surface area contributed by atoms with Crippen molar-refractivity contribution in [1.82, 2.24) is 15.0 Å². The number of fused-ring (bicyclic) bond motifs is 1. The molecule has 3 rings (SSSR count). The monoisotopic (exact) mass is 289 g/mol. The van der Waals surface area contributed by atoms with Crippen molar-refractivity contribution in [2.75, 3.05) is 10.5 Å². The van der Waals surface area contributed by atoms with Crippen LogP contribution in [0.2, 0.25) is 0 Å². The minimum atomic E-state index is -3.73. The fourth-order valence-electron chi connectivity index (χ4n) is 1.90. The lowest BCUT2D eigenvalue weighted by Gasteiger charge is -2.06. The minimum Gasteiger partial charge on any atom is -0.399 e. The van der Waals surface area contributed by atoms with Crippen molar-refractivity contribution >= 4 is 32.3 Å². The number of nitrogens with zero attached hydrogens (tertiary/aromatic N) is 2. The minimum absolute atomic E-state index is 0.128. The number of H-pyrrole nitrogens is 1. The highest BCUT2D eigenvalue weighted by Crippen LogP contribution is 2.26. The van der Waals surface area contributed by atoms with Crippen molar-refractivity contribution in [3.63, 3.8) is 0 Å². The highest BCUT2D eigenvalue weighted by Gasteiger charge is 2.19. The van der Waals surface area contributed by atoms with Gasteiger partial charge in [-0.1, -0.05) is 0 Å². The summed E-state index contributed by atoms with van der Waals surface area (Å²) in [5.41, 5.74) is 7.19. The second-order valence-corrected chi connectivity index (χ2v) is 5.84. The molecule has 102 valence electrons. The highest BCUT2D eigenvalue weighted by molar-refractivity contribution is 7.93. The van der Waals surface area contributed by atoms with Gasteiger partial charge in [0, 0.05) is 22.8 Å². The molecular weight excluding hydrogens is 278 g/mol. The first-order valence-electron chi connectivity index (χ1n) is 5.71.